The Balaban J connectivity index is 0.00000108. The molecule has 1 aliphatic rings. The van der Waals surface area contributed by atoms with E-state index in [0.29, 0.717) is 0 Å². The van der Waals surface area contributed by atoms with Crippen molar-refractivity contribution in [1.29, 1.82) is 0 Å². The Morgan fingerprint density at radius 1 is 0.765 bits per heavy atom. The van der Waals surface area contributed by atoms with E-state index in [4.69, 9.17) is 0 Å². The summed E-state index contributed by atoms with van der Waals surface area (Å²) in [5, 5.41) is 3.47. The molecule has 0 bridgehead atoms. The SMILES string of the molecule is C1=C\c2ccccc2NCc2ccccc2/1.[W]. The third-order valence-corrected chi connectivity index (χ3v) is 2.93. The number of hydrogen-bond acceptors (Lipinski definition) is 1. The van der Waals surface area contributed by atoms with Crippen LogP contribution >= 0.6 is 0 Å². The van der Waals surface area contributed by atoms with Crippen LogP contribution in [0.25, 0.3) is 12.2 Å². The molecule has 2 aromatic carbocycles. The molecule has 0 unspecified atom stereocenters. The predicted octanol–water partition coefficient (Wildman–Crippen LogP) is 3.78. The Morgan fingerprint density at radius 3 is 2.29 bits per heavy atom. The first-order valence-electron chi connectivity index (χ1n) is 5.52. The number of anilines is 1. The summed E-state index contributed by atoms with van der Waals surface area (Å²) in [7, 11) is 0. The largest absolute Gasteiger partial charge is 0.380 e. The van der Waals surface area contributed by atoms with Crippen LogP contribution < -0.4 is 5.32 Å². The molecular formula is C15H13NW. The van der Waals surface area contributed by atoms with Crippen molar-refractivity contribution in [2.45, 2.75) is 6.54 Å². The fraction of sp³-hybridized carbons (Fsp3) is 0.0667. The van der Waals surface area contributed by atoms with Crippen LogP contribution in [-0.4, -0.2) is 0 Å². The molecule has 0 saturated carbocycles. The second kappa shape index (κ2) is 5.33. The van der Waals surface area contributed by atoms with Crippen molar-refractivity contribution in [2.24, 2.45) is 0 Å². The summed E-state index contributed by atoms with van der Waals surface area (Å²) in [5.74, 6) is 0. The van der Waals surface area contributed by atoms with Gasteiger partial charge in [0.2, 0.25) is 0 Å². The van der Waals surface area contributed by atoms with Crippen LogP contribution in [-0.2, 0) is 27.6 Å². The molecule has 0 fully saturated rings. The molecule has 1 nitrogen and oxygen atoms in total. The van der Waals surface area contributed by atoms with E-state index in [1.165, 1.54) is 22.4 Å². The fourth-order valence-corrected chi connectivity index (χ4v) is 2.03. The number of fused-ring (bicyclic) bond motifs is 2. The molecule has 0 radical (unpaired) electrons. The number of rotatable bonds is 0. The minimum absolute atomic E-state index is 0. The second-order valence-electron chi connectivity index (χ2n) is 3.97. The zero-order chi connectivity index (χ0) is 10.8. The van der Waals surface area contributed by atoms with Crippen LogP contribution in [0.5, 0.6) is 0 Å². The topological polar surface area (TPSA) is 12.0 Å². The van der Waals surface area contributed by atoms with Crippen LogP contribution in [0.1, 0.15) is 16.7 Å². The summed E-state index contributed by atoms with van der Waals surface area (Å²) in [5.41, 5.74) is 5.09. The summed E-state index contributed by atoms with van der Waals surface area (Å²) in [6.45, 7) is 0.886. The molecule has 1 aliphatic heterocycles. The third-order valence-electron chi connectivity index (χ3n) is 2.93. The smallest absolute Gasteiger partial charge is 0.0416 e. The van der Waals surface area contributed by atoms with E-state index >= 15 is 0 Å². The van der Waals surface area contributed by atoms with Gasteiger partial charge in [0.05, 0.1) is 0 Å². The van der Waals surface area contributed by atoms with Gasteiger partial charge in [0.25, 0.3) is 0 Å². The van der Waals surface area contributed by atoms with Gasteiger partial charge in [0, 0.05) is 33.3 Å². The van der Waals surface area contributed by atoms with Crippen molar-refractivity contribution >= 4 is 17.8 Å². The van der Waals surface area contributed by atoms with Gasteiger partial charge in [-0.3, -0.25) is 0 Å². The molecule has 17 heavy (non-hydrogen) atoms. The van der Waals surface area contributed by atoms with Gasteiger partial charge in [-0.25, -0.2) is 0 Å². The standard InChI is InChI=1S/C15H13N.W/c1-2-7-14-11-16-15-8-4-3-6-13(15)10-9-12(14)5-1;/h1-10,16H,11H2;/b10-9-;. The summed E-state index contributed by atoms with van der Waals surface area (Å²) in [6.07, 6.45) is 4.36. The monoisotopic (exact) mass is 391 g/mol. The fourth-order valence-electron chi connectivity index (χ4n) is 2.03. The quantitative estimate of drug-likeness (QED) is 0.721. The Hall–Kier alpha value is -1.33. The third kappa shape index (κ3) is 2.50. The van der Waals surface area contributed by atoms with Gasteiger partial charge in [0.1, 0.15) is 0 Å². The molecule has 0 atom stereocenters. The van der Waals surface area contributed by atoms with Crippen LogP contribution in [0.2, 0.25) is 0 Å². The van der Waals surface area contributed by atoms with E-state index in [0.717, 1.165) is 6.54 Å². The van der Waals surface area contributed by atoms with E-state index in [1.54, 1.807) is 0 Å². The van der Waals surface area contributed by atoms with E-state index in [1.807, 2.05) is 0 Å². The molecule has 0 aliphatic carbocycles. The van der Waals surface area contributed by atoms with Gasteiger partial charge in [-0.2, -0.15) is 0 Å². The Labute approximate surface area is 116 Å². The summed E-state index contributed by atoms with van der Waals surface area (Å²) >= 11 is 0. The molecule has 0 aromatic heterocycles. The van der Waals surface area contributed by atoms with E-state index in [-0.39, 0.29) is 21.1 Å². The summed E-state index contributed by atoms with van der Waals surface area (Å²) in [4.78, 5) is 0. The average molecular weight is 391 g/mol. The Bertz CT molecular complexity index is 497. The molecule has 2 aromatic rings. The molecule has 2 heteroatoms. The van der Waals surface area contributed by atoms with Gasteiger partial charge in [-0.15, -0.1) is 0 Å². The number of para-hydroxylation sites is 1. The van der Waals surface area contributed by atoms with Crippen molar-refractivity contribution in [1.82, 2.24) is 0 Å². The molecule has 3 rings (SSSR count). The number of nitrogens with one attached hydrogen (secondary N) is 1. The van der Waals surface area contributed by atoms with Crippen LogP contribution in [0, 0.1) is 0 Å². The first kappa shape index (κ1) is 12.1. The van der Waals surface area contributed by atoms with Gasteiger partial charge in [0.15, 0.2) is 0 Å². The molecule has 0 spiro atoms. The molecular weight excluding hydrogens is 378 g/mol. The van der Waals surface area contributed by atoms with Crippen molar-refractivity contribution in [2.75, 3.05) is 5.32 Å². The van der Waals surface area contributed by atoms with Crippen molar-refractivity contribution < 1.29 is 21.1 Å². The van der Waals surface area contributed by atoms with Gasteiger partial charge in [-0.1, -0.05) is 54.6 Å². The van der Waals surface area contributed by atoms with Gasteiger partial charge in [-0.05, 0) is 22.8 Å². The van der Waals surface area contributed by atoms with E-state index in [9.17, 15) is 0 Å². The Kier molecular flexibility index (Phi) is 3.81. The normalized spacial score (nSPS) is 14.1. The minimum Gasteiger partial charge on any atom is -0.380 e. The van der Waals surface area contributed by atoms with Gasteiger partial charge >= 0.3 is 0 Å². The molecule has 0 amide bonds. The van der Waals surface area contributed by atoms with Crippen LogP contribution in [0.15, 0.2) is 48.5 Å². The average Bonchev–Trinajstić information content (AvgIpc) is 2.32. The maximum Gasteiger partial charge on any atom is 0.0416 e. The maximum atomic E-state index is 3.47. The van der Waals surface area contributed by atoms with Crippen molar-refractivity contribution in [3.05, 3.63) is 65.2 Å². The number of hydrogen-bond donors (Lipinski definition) is 1. The zero-order valence-electron chi connectivity index (χ0n) is 9.39. The minimum atomic E-state index is 0. The van der Waals surface area contributed by atoms with Gasteiger partial charge < -0.3 is 5.32 Å². The first-order valence-corrected chi connectivity index (χ1v) is 5.52. The van der Waals surface area contributed by atoms with Crippen LogP contribution in [0.3, 0.4) is 0 Å². The molecule has 0 saturated heterocycles. The molecule has 84 valence electrons. The Morgan fingerprint density at radius 2 is 1.41 bits per heavy atom. The first-order chi connectivity index (χ1) is 7.93. The van der Waals surface area contributed by atoms with Crippen molar-refractivity contribution in [3.63, 3.8) is 0 Å². The molecule has 1 N–H and O–H groups in total. The second-order valence-corrected chi connectivity index (χ2v) is 3.97. The zero-order valence-corrected chi connectivity index (χ0v) is 12.3. The predicted molar refractivity (Wildman–Crippen MR) is 69.1 cm³/mol. The van der Waals surface area contributed by atoms with E-state index in [2.05, 4.69) is 66.0 Å². The summed E-state index contributed by atoms with van der Waals surface area (Å²) < 4.78 is 0. The maximum absolute atomic E-state index is 3.47. The number of benzene rings is 2. The molecule has 1 heterocycles. The van der Waals surface area contributed by atoms with Crippen LogP contribution in [0.4, 0.5) is 5.69 Å². The van der Waals surface area contributed by atoms with E-state index < -0.39 is 0 Å². The summed E-state index contributed by atoms with van der Waals surface area (Å²) in [6, 6.07) is 16.9. The van der Waals surface area contributed by atoms with Crippen molar-refractivity contribution in [3.8, 4) is 0 Å².